The molecule has 0 saturated heterocycles. The van der Waals surface area contributed by atoms with E-state index in [9.17, 15) is 0 Å². The Kier molecular flexibility index (Phi) is 3.56. The number of nitrogens with two attached hydrogens (primary N) is 1. The smallest absolute Gasteiger partial charge is 0.192 e. The van der Waals surface area contributed by atoms with E-state index in [4.69, 9.17) is 5.73 Å². The van der Waals surface area contributed by atoms with Crippen molar-refractivity contribution >= 4 is 33.2 Å². The molecule has 1 unspecified atom stereocenters. The predicted octanol–water partition coefficient (Wildman–Crippen LogP) is 3.56. The van der Waals surface area contributed by atoms with Gasteiger partial charge in [-0.05, 0) is 36.1 Å². The van der Waals surface area contributed by atoms with Crippen molar-refractivity contribution in [2.75, 3.05) is 6.54 Å². The van der Waals surface area contributed by atoms with Crippen molar-refractivity contribution < 1.29 is 0 Å². The number of aliphatic imine (C=N–C) groups is 1. The number of benzene rings is 1. The number of rotatable bonds is 3. The average Bonchev–Trinajstić information content (AvgIpc) is 3.04. The van der Waals surface area contributed by atoms with Crippen LogP contribution in [0, 0.1) is 0 Å². The second-order valence-corrected chi connectivity index (χ2v) is 7.07. The molecule has 0 fully saturated rings. The van der Waals surface area contributed by atoms with Gasteiger partial charge < -0.3 is 10.6 Å². The Morgan fingerprint density at radius 1 is 1.35 bits per heavy atom. The van der Waals surface area contributed by atoms with Crippen molar-refractivity contribution in [3.05, 3.63) is 56.7 Å². The molecule has 2 heterocycles. The minimum atomic E-state index is -0.172. The molecule has 0 amide bonds. The number of halogens is 1. The molecule has 1 atom stereocenters. The zero-order valence-corrected chi connectivity index (χ0v) is 13.6. The second-order valence-electron chi connectivity index (χ2n) is 5.12. The van der Waals surface area contributed by atoms with Crippen LogP contribution in [0.1, 0.15) is 17.4 Å². The molecular weight excluding hydrogens is 334 g/mol. The summed E-state index contributed by atoms with van der Waals surface area (Å²) in [6.45, 7) is 3.71. The van der Waals surface area contributed by atoms with Crippen molar-refractivity contribution in [2.24, 2.45) is 10.7 Å². The van der Waals surface area contributed by atoms with Gasteiger partial charge in [-0.25, -0.2) is 0 Å². The molecule has 104 valence electrons. The predicted molar refractivity (Wildman–Crippen MR) is 87.8 cm³/mol. The van der Waals surface area contributed by atoms with Crippen LogP contribution in [0.2, 0.25) is 0 Å². The molecule has 2 aromatic rings. The van der Waals surface area contributed by atoms with Crippen molar-refractivity contribution in [3.63, 3.8) is 0 Å². The highest BCUT2D eigenvalue weighted by Crippen LogP contribution is 2.35. The first-order chi connectivity index (χ1) is 9.59. The fraction of sp³-hybridized carbons (Fsp3) is 0.267. The van der Waals surface area contributed by atoms with Gasteiger partial charge in [0.25, 0.3) is 0 Å². The third-order valence-corrected chi connectivity index (χ3v) is 5.17. The van der Waals surface area contributed by atoms with Crippen molar-refractivity contribution in [2.45, 2.75) is 19.0 Å². The highest BCUT2D eigenvalue weighted by atomic mass is 79.9. The summed E-state index contributed by atoms with van der Waals surface area (Å²) in [5.41, 5.74) is 7.18. The third-order valence-electron chi connectivity index (χ3n) is 3.78. The van der Waals surface area contributed by atoms with Crippen LogP contribution >= 0.6 is 27.3 Å². The van der Waals surface area contributed by atoms with Gasteiger partial charge in [0, 0.05) is 9.35 Å². The Balaban J connectivity index is 1.93. The molecule has 2 N–H and O–H groups in total. The van der Waals surface area contributed by atoms with E-state index in [0.717, 1.165) is 11.0 Å². The molecular formula is C15H16BrN3S. The highest BCUT2D eigenvalue weighted by molar-refractivity contribution is 9.10. The van der Waals surface area contributed by atoms with E-state index in [1.807, 2.05) is 0 Å². The van der Waals surface area contributed by atoms with Crippen LogP contribution in [0.4, 0.5) is 0 Å². The van der Waals surface area contributed by atoms with E-state index >= 15 is 0 Å². The van der Waals surface area contributed by atoms with Crippen LogP contribution < -0.4 is 5.73 Å². The molecule has 3 nitrogen and oxygen atoms in total. The van der Waals surface area contributed by atoms with Crippen LogP contribution in [0.25, 0.3) is 0 Å². The summed E-state index contributed by atoms with van der Waals surface area (Å²) < 4.78 is 1.08. The van der Waals surface area contributed by atoms with Gasteiger partial charge in [0.1, 0.15) is 0 Å². The first-order valence-corrected chi connectivity index (χ1v) is 8.13. The number of hydrogen-bond donors (Lipinski definition) is 1. The van der Waals surface area contributed by atoms with E-state index in [1.165, 1.54) is 10.4 Å². The minimum Gasteiger partial charge on any atom is -0.370 e. The lowest BCUT2D eigenvalue weighted by Crippen LogP contribution is -2.46. The maximum absolute atomic E-state index is 6.11. The summed E-state index contributed by atoms with van der Waals surface area (Å²) in [6.07, 6.45) is 0. The van der Waals surface area contributed by atoms with Crippen molar-refractivity contribution in [1.29, 1.82) is 0 Å². The molecule has 3 rings (SSSR count). The van der Waals surface area contributed by atoms with Crippen LogP contribution in [-0.2, 0) is 12.1 Å². The SMILES string of the molecule is CC1(c2ccc(Br)cc2)CN=C(N)N1Cc1cccs1. The number of guanidine groups is 1. The number of hydrogen-bond acceptors (Lipinski definition) is 4. The maximum Gasteiger partial charge on any atom is 0.192 e. The third kappa shape index (κ3) is 2.36. The molecule has 1 aromatic heterocycles. The zero-order chi connectivity index (χ0) is 14.2. The Morgan fingerprint density at radius 2 is 2.10 bits per heavy atom. The molecule has 1 aliphatic rings. The average molecular weight is 350 g/mol. The largest absolute Gasteiger partial charge is 0.370 e. The molecule has 0 aliphatic carbocycles. The first kappa shape index (κ1) is 13.6. The minimum absolute atomic E-state index is 0.172. The molecule has 0 spiro atoms. The van der Waals surface area contributed by atoms with Gasteiger partial charge >= 0.3 is 0 Å². The van der Waals surface area contributed by atoms with Crippen LogP contribution in [0.5, 0.6) is 0 Å². The summed E-state index contributed by atoms with van der Waals surface area (Å²) in [4.78, 5) is 7.96. The summed E-state index contributed by atoms with van der Waals surface area (Å²) in [5.74, 6) is 0.629. The van der Waals surface area contributed by atoms with Crippen molar-refractivity contribution in [1.82, 2.24) is 4.90 Å². The monoisotopic (exact) mass is 349 g/mol. The van der Waals surface area contributed by atoms with E-state index < -0.39 is 0 Å². The van der Waals surface area contributed by atoms with Gasteiger partial charge in [-0.2, -0.15) is 0 Å². The summed E-state index contributed by atoms with van der Waals surface area (Å²) in [5, 5.41) is 2.09. The molecule has 1 aromatic carbocycles. The Morgan fingerprint density at radius 3 is 2.75 bits per heavy atom. The van der Waals surface area contributed by atoms with E-state index in [0.29, 0.717) is 12.5 Å². The lowest BCUT2D eigenvalue weighted by molar-refractivity contribution is 0.219. The first-order valence-electron chi connectivity index (χ1n) is 6.45. The number of thiophene rings is 1. The Hall–Kier alpha value is -1.33. The highest BCUT2D eigenvalue weighted by Gasteiger charge is 2.39. The topological polar surface area (TPSA) is 41.6 Å². The fourth-order valence-corrected chi connectivity index (χ4v) is 3.49. The van der Waals surface area contributed by atoms with Crippen LogP contribution in [-0.4, -0.2) is 17.4 Å². The number of nitrogens with zero attached hydrogens (tertiary/aromatic N) is 2. The normalized spacial score (nSPS) is 22.1. The maximum atomic E-state index is 6.11. The fourth-order valence-electron chi connectivity index (χ4n) is 2.53. The quantitative estimate of drug-likeness (QED) is 0.920. The standard InChI is InChI=1S/C15H16BrN3S/c1-15(11-4-6-12(16)7-5-11)10-18-14(17)19(15)9-13-3-2-8-20-13/h2-8H,9-10H2,1H3,(H2,17,18). The molecule has 20 heavy (non-hydrogen) atoms. The lowest BCUT2D eigenvalue weighted by Gasteiger charge is -2.36. The molecule has 5 heteroatoms. The van der Waals surface area contributed by atoms with E-state index in [1.54, 1.807) is 11.3 Å². The molecule has 1 aliphatic heterocycles. The second kappa shape index (κ2) is 5.22. The van der Waals surface area contributed by atoms with Gasteiger partial charge in [-0.1, -0.05) is 34.1 Å². The van der Waals surface area contributed by atoms with Gasteiger partial charge in [0.2, 0.25) is 0 Å². The Labute approximate surface area is 131 Å². The molecule has 0 radical (unpaired) electrons. The van der Waals surface area contributed by atoms with Crippen molar-refractivity contribution in [3.8, 4) is 0 Å². The van der Waals surface area contributed by atoms with Crippen LogP contribution in [0.3, 0.4) is 0 Å². The van der Waals surface area contributed by atoms with Gasteiger partial charge in [0.05, 0.1) is 18.6 Å². The Bertz CT molecular complexity index is 621. The molecule has 0 saturated carbocycles. The van der Waals surface area contributed by atoms with Gasteiger partial charge in [-0.3, -0.25) is 4.99 Å². The van der Waals surface area contributed by atoms with E-state index in [-0.39, 0.29) is 5.54 Å². The summed E-state index contributed by atoms with van der Waals surface area (Å²) in [7, 11) is 0. The van der Waals surface area contributed by atoms with Gasteiger partial charge in [0.15, 0.2) is 5.96 Å². The van der Waals surface area contributed by atoms with Crippen LogP contribution in [0.15, 0.2) is 51.2 Å². The summed E-state index contributed by atoms with van der Waals surface area (Å²) >= 11 is 5.23. The zero-order valence-electron chi connectivity index (χ0n) is 11.2. The van der Waals surface area contributed by atoms with E-state index in [2.05, 4.69) is 74.5 Å². The lowest BCUT2D eigenvalue weighted by atomic mass is 9.91. The summed E-state index contributed by atoms with van der Waals surface area (Å²) in [6, 6.07) is 12.6. The molecule has 0 bridgehead atoms. The van der Waals surface area contributed by atoms with Gasteiger partial charge in [-0.15, -0.1) is 11.3 Å².